The fourth-order valence-electron chi connectivity index (χ4n) is 3.39. The number of fused-ring (bicyclic) bond motifs is 1. The van der Waals surface area contributed by atoms with E-state index < -0.39 is 0 Å². The molecule has 29 heavy (non-hydrogen) atoms. The summed E-state index contributed by atoms with van der Waals surface area (Å²) in [6.07, 6.45) is 0. The van der Waals surface area contributed by atoms with Crippen LogP contribution >= 0.6 is 35.0 Å². The van der Waals surface area contributed by atoms with Gasteiger partial charge in [-0.3, -0.25) is 4.79 Å². The molecular formula is C21H18Cl2N4OS. The lowest BCUT2D eigenvalue weighted by atomic mass is 9.93. The molecule has 2 aromatic carbocycles. The molecule has 3 aromatic rings. The smallest absolute Gasteiger partial charge is 0.227 e. The summed E-state index contributed by atoms with van der Waals surface area (Å²) in [4.78, 5) is 17.1. The van der Waals surface area contributed by atoms with Crippen molar-refractivity contribution in [2.75, 3.05) is 5.32 Å². The van der Waals surface area contributed by atoms with Crippen molar-refractivity contribution in [1.82, 2.24) is 14.8 Å². The summed E-state index contributed by atoms with van der Waals surface area (Å²) in [6.45, 7) is 3.44. The van der Waals surface area contributed by atoms with Gasteiger partial charge < -0.3 is 5.32 Å². The van der Waals surface area contributed by atoms with Crippen molar-refractivity contribution < 1.29 is 4.79 Å². The number of benzene rings is 2. The number of allylic oxidation sites excluding steroid dienone is 2. The molecule has 1 aliphatic rings. The third-order valence-corrected chi connectivity index (χ3v) is 6.18. The van der Waals surface area contributed by atoms with Crippen molar-refractivity contribution in [3.8, 4) is 0 Å². The average molecular weight is 445 g/mol. The maximum Gasteiger partial charge on any atom is 0.227 e. The van der Waals surface area contributed by atoms with Crippen LogP contribution in [0.1, 0.15) is 31.0 Å². The first-order chi connectivity index (χ1) is 13.9. The number of halogens is 2. The number of ketones is 1. The van der Waals surface area contributed by atoms with Gasteiger partial charge in [0, 0.05) is 27.1 Å². The number of thioether (sulfide) groups is 1. The highest BCUT2D eigenvalue weighted by molar-refractivity contribution is 7.98. The molecule has 1 unspecified atom stereocenters. The van der Waals surface area contributed by atoms with Gasteiger partial charge in [0.25, 0.3) is 0 Å². The molecule has 0 saturated carbocycles. The van der Waals surface area contributed by atoms with E-state index in [1.807, 2.05) is 55.5 Å². The number of hydrogen-bond acceptors (Lipinski definition) is 5. The van der Waals surface area contributed by atoms with E-state index in [4.69, 9.17) is 23.2 Å². The predicted octanol–water partition coefficient (Wildman–Crippen LogP) is 5.76. The lowest BCUT2D eigenvalue weighted by molar-refractivity contribution is -0.114. The molecule has 0 fully saturated rings. The third kappa shape index (κ3) is 4.06. The summed E-state index contributed by atoms with van der Waals surface area (Å²) in [6, 6.07) is 14.8. The lowest BCUT2D eigenvalue weighted by Crippen LogP contribution is -2.27. The van der Waals surface area contributed by atoms with Crippen LogP contribution in [0, 0.1) is 0 Å². The highest BCUT2D eigenvalue weighted by Gasteiger charge is 2.32. The Hall–Kier alpha value is -2.28. The normalized spacial score (nSPS) is 15.8. The van der Waals surface area contributed by atoms with E-state index in [0.717, 1.165) is 21.8 Å². The van der Waals surface area contributed by atoms with Gasteiger partial charge in [0.15, 0.2) is 5.78 Å². The van der Waals surface area contributed by atoms with E-state index in [-0.39, 0.29) is 11.8 Å². The fraction of sp³-hybridized carbons (Fsp3) is 0.190. The molecule has 0 spiro atoms. The zero-order chi connectivity index (χ0) is 20.5. The van der Waals surface area contributed by atoms with E-state index in [1.54, 1.807) is 11.6 Å². The van der Waals surface area contributed by atoms with Gasteiger partial charge in [-0.05, 0) is 43.2 Å². The summed E-state index contributed by atoms with van der Waals surface area (Å²) in [5.41, 5.74) is 3.32. The first-order valence-electron chi connectivity index (χ1n) is 9.01. The van der Waals surface area contributed by atoms with Gasteiger partial charge in [-0.15, -0.1) is 5.10 Å². The van der Waals surface area contributed by atoms with E-state index in [9.17, 15) is 4.79 Å². The zero-order valence-corrected chi connectivity index (χ0v) is 18.1. The Morgan fingerprint density at radius 2 is 2.00 bits per heavy atom. The number of rotatable bonds is 5. The van der Waals surface area contributed by atoms with Gasteiger partial charge in [0.05, 0.1) is 0 Å². The minimum absolute atomic E-state index is 0.0219. The summed E-state index contributed by atoms with van der Waals surface area (Å²) >= 11 is 14.0. The maximum absolute atomic E-state index is 12.4. The fourth-order valence-corrected chi connectivity index (χ4v) is 4.70. The number of anilines is 1. The van der Waals surface area contributed by atoms with E-state index in [0.29, 0.717) is 27.5 Å². The van der Waals surface area contributed by atoms with Crippen LogP contribution in [-0.2, 0) is 10.5 Å². The molecule has 0 bridgehead atoms. The van der Waals surface area contributed by atoms with E-state index >= 15 is 0 Å². The van der Waals surface area contributed by atoms with Crippen LogP contribution in [0.25, 0.3) is 0 Å². The van der Waals surface area contributed by atoms with Gasteiger partial charge in [-0.1, -0.05) is 65.3 Å². The number of Topliss-reactive ketones (excluding diaryl/α,β-unsaturated/α-hetero) is 1. The molecule has 1 atom stereocenters. The van der Waals surface area contributed by atoms with E-state index in [1.165, 1.54) is 11.8 Å². The van der Waals surface area contributed by atoms with Crippen LogP contribution in [0.3, 0.4) is 0 Å². The Balaban J connectivity index is 1.70. The van der Waals surface area contributed by atoms with Crippen molar-refractivity contribution in [1.29, 1.82) is 0 Å². The van der Waals surface area contributed by atoms with Crippen molar-refractivity contribution >= 4 is 46.7 Å². The molecule has 0 amide bonds. The molecule has 1 aliphatic heterocycles. The molecule has 4 rings (SSSR count). The molecular weight excluding hydrogens is 427 g/mol. The molecule has 1 N–H and O–H groups in total. The van der Waals surface area contributed by atoms with Crippen LogP contribution in [0.5, 0.6) is 0 Å². The molecule has 148 valence electrons. The Morgan fingerprint density at radius 3 is 2.72 bits per heavy atom. The Kier molecular flexibility index (Phi) is 5.67. The van der Waals surface area contributed by atoms with Crippen LogP contribution in [0.15, 0.2) is 65.0 Å². The quantitative estimate of drug-likeness (QED) is 0.507. The van der Waals surface area contributed by atoms with Gasteiger partial charge in [0.2, 0.25) is 11.1 Å². The average Bonchev–Trinajstić information content (AvgIpc) is 3.08. The molecule has 1 aromatic heterocycles. The standard InChI is InChI=1S/C21H18Cl2N4OS/c1-12-18(13(2)28)19(14-7-5-8-16(22)10-14)27-20(24-12)25-21(26-27)29-11-15-6-3-4-9-17(15)23/h3-10,19H,11H2,1-2H3,(H,24,25,26). The number of aromatic nitrogens is 3. The van der Waals surface area contributed by atoms with Crippen LogP contribution in [-0.4, -0.2) is 20.5 Å². The summed E-state index contributed by atoms with van der Waals surface area (Å²) in [5, 5.41) is 9.83. The first kappa shape index (κ1) is 20.0. The first-order valence-corrected chi connectivity index (χ1v) is 10.7. The number of nitrogens with one attached hydrogen (secondary N) is 1. The molecule has 2 heterocycles. The zero-order valence-electron chi connectivity index (χ0n) is 15.8. The number of carbonyl (C=O) groups excluding carboxylic acids is 1. The topological polar surface area (TPSA) is 59.8 Å². The molecule has 0 saturated heterocycles. The lowest BCUT2D eigenvalue weighted by Gasteiger charge is -2.28. The second kappa shape index (κ2) is 8.22. The van der Waals surface area contributed by atoms with Crippen molar-refractivity contribution in [3.63, 3.8) is 0 Å². The SMILES string of the molecule is CC(=O)C1=C(C)Nc2nc(SCc3ccccc3Cl)nn2C1c1cccc(Cl)c1. The third-order valence-electron chi connectivity index (χ3n) is 4.69. The Morgan fingerprint density at radius 1 is 1.21 bits per heavy atom. The van der Waals surface area contributed by atoms with Gasteiger partial charge in [-0.25, -0.2) is 4.68 Å². The van der Waals surface area contributed by atoms with Gasteiger partial charge >= 0.3 is 0 Å². The minimum Gasteiger partial charge on any atom is -0.328 e. The number of nitrogens with zero attached hydrogens (tertiary/aromatic N) is 3. The van der Waals surface area contributed by atoms with Crippen molar-refractivity contribution in [2.45, 2.75) is 30.8 Å². The predicted molar refractivity (Wildman–Crippen MR) is 118 cm³/mol. The minimum atomic E-state index is -0.385. The second-order valence-electron chi connectivity index (χ2n) is 6.72. The van der Waals surface area contributed by atoms with Crippen LogP contribution in [0.2, 0.25) is 10.0 Å². The van der Waals surface area contributed by atoms with Crippen LogP contribution in [0.4, 0.5) is 5.95 Å². The second-order valence-corrected chi connectivity index (χ2v) is 8.51. The molecule has 5 nitrogen and oxygen atoms in total. The van der Waals surface area contributed by atoms with E-state index in [2.05, 4.69) is 15.4 Å². The monoisotopic (exact) mass is 444 g/mol. The van der Waals surface area contributed by atoms with Crippen LogP contribution < -0.4 is 5.32 Å². The summed E-state index contributed by atoms with van der Waals surface area (Å²) < 4.78 is 1.75. The number of carbonyl (C=O) groups is 1. The van der Waals surface area contributed by atoms with Gasteiger partial charge in [-0.2, -0.15) is 4.98 Å². The molecule has 0 radical (unpaired) electrons. The van der Waals surface area contributed by atoms with Gasteiger partial charge in [0.1, 0.15) is 6.04 Å². The summed E-state index contributed by atoms with van der Waals surface area (Å²) in [7, 11) is 0. The van der Waals surface area contributed by atoms with Crippen molar-refractivity contribution in [2.24, 2.45) is 0 Å². The largest absolute Gasteiger partial charge is 0.328 e. The van der Waals surface area contributed by atoms with Crippen molar-refractivity contribution in [3.05, 3.63) is 81.0 Å². The molecule has 0 aliphatic carbocycles. The highest BCUT2D eigenvalue weighted by atomic mass is 35.5. The maximum atomic E-state index is 12.4. The molecule has 8 heteroatoms. The highest BCUT2D eigenvalue weighted by Crippen LogP contribution is 2.37. The Bertz CT molecular complexity index is 1130. The Labute approximate surface area is 183 Å². The summed E-state index contributed by atoms with van der Waals surface area (Å²) in [5.74, 6) is 1.22. The number of hydrogen-bond donors (Lipinski definition) is 1.